The molecule has 1 aromatic heterocycles. The van der Waals surface area contributed by atoms with E-state index in [4.69, 9.17) is 4.98 Å². The summed E-state index contributed by atoms with van der Waals surface area (Å²) in [6.45, 7) is 0. The van der Waals surface area contributed by atoms with Crippen molar-refractivity contribution in [1.29, 1.82) is 0 Å². The first-order chi connectivity index (χ1) is 14.9. The first kappa shape index (κ1) is 18.1. The van der Waals surface area contributed by atoms with Gasteiger partial charge in [-0.2, -0.15) is 0 Å². The molecule has 0 bridgehead atoms. The molecule has 2 nitrogen and oxygen atoms in total. The second-order valence-electron chi connectivity index (χ2n) is 7.30. The maximum Gasteiger partial charge on any atom is 0.141 e. The second kappa shape index (κ2) is 7.84. The van der Waals surface area contributed by atoms with Crippen molar-refractivity contribution in [3.8, 4) is 11.4 Å². The van der Waals surface area contributed by atoms with Gasteiger partial charge >= 0.3 is 0 Å². The van der Waals surface area contributed by atoms with Crippen LogP contribution in [-0.4, -0.2) is 9.55 Å². The van der Waals surface area contributed by atoms with E-state index >= 15 is 0 Å². The third-order valence-corrected chi connectivity index (χ3v) is 5.61. The lowest BCUT2D eigenvalue weighted by atomic mass is 9.76. The predicted molar refractivity (Wildman–Crippen MR) is 122 cm³/mol. The Labute approximate surface area is 177 Å². The molecule has 30 heavy (non-hydrogen) atoms. The van der Waals surface area contributed by atoms with Crippen LogP contribution in [0.3, 0.4) is 0 Å². The average molecular weight is 386 g/mol. The van der Waals surface area contributed by atoms with Crippen LogP contribution in [0.2, 0.25) is 0 Å². The highest BCUT2D eigenvalue weighted by Crippen LogP contribution is 2.42. The normalized spacial score (nSPS) is 11.3. The number of hydrogen-bond acceptors (Lipinski definition) is 1. The topological polar surface area (TPSA) is 17.8 Å². The Morgan fingerprint density at radius 3 is 1.33 bits per heavy atom. The van der Waals surface area contributed by atoms with Gasteiger partial charge in [0.2, 0.25) is 0 Å². The van der Waals surface area contributed by atoms with Crippen LogP contribution in [0, 0.1) is 0 Å². The van der Waals surface area contributed by atoms with E-state index in [-0.39, 0.29) is 0 Å². The fraction of sp³-hybridized carbons (Fsp3) is 0.0357. The van der Waals surface area contributed by atoms with Gasteiger partial charge in [0.25, 0.3) is 0 Å². The minimum atomic E-state index is -0.550. The molecule has 5 aromatic rings. The van der Waals surface area contributed by atoms with Crippen molar-refractivity contribution in [2.75, 3.05) is 0 Å². The molecule has 1 heterocycles. The summed E-state index contributed by atoms with van der Waals surface area (Å²) >= 11 is 0. The van der Waals surface area contributed by atoms with Crippen molar-refractivity contribution >= 4 is 0 Å². The number of rotatable bonds is 5. The smallest absolute Gasteiger partial charge is 0.141 e. The van der Waals surface area contributed by atoms with E-state index in [1.807, 2.05) is 12.3 Å². The van der Waals surface area contributed by atoms with Gasteiger partial charge in [-0.3, -0.25) is 0 Å². The number of benzene rings is 4. The van der Waals surface area contributed by atoms with Gasteiger partial charge in [-0.15, -0.1) is 0 Å². The summed E-state index contributed by atoms with van der Waals surface area (Å²) < 4.78 is 2.31. The van der Waals surface area contributed by atoms with Gasteiger partial charge in [-0.25, -0.2) is 4.98 Å². The van der Waals surface area contributed by atoms with Crippen LogP contribution in [-0.2, 0) is 5.54 Å². The zero-order valence-corrected chi connectivity index (χ0v) is 16.6. The fourth-order valence-corrected chi connectivity index (χ4v) is 4.33. The fourth-order valence-electron chi connectivity index (χ4n) is 4.33. The van der Waals surface area contributed by atoms with Crippen molar-refractivity contribution in [3.63, 3.8) is 0 Å². The monoisotopic (exact) mass is 386 g/mol. The van der Waals surface area contributed by atoms with E-state index < -0.39 is 5.54 Å². The van der Waals surface area contributed by atoms with Crippen molar-refractivity contribution in [2.45, 2.75) is 5.54 Å². The van der Waals surface area contributed by atoms with Gasteiger partial charge in [0.15, 0.2) is 0 Å². The largest absolute Gasteiger partial charge is 0.312 e. The number of hydrogen-bond donors (Lipinski definition) is 0. The third kappa shape index (κ3) is 2.94. The maximum atomic E-state index is 4.79. The van der Waals surface area contributed by atoms with Gasteiger partial charge in [0.1, 0.15) is 11.4 Å². The molecule has 0 amide bonds. The zero-order chi connectivity index (χ0) is 20.2. The predicted octanol–water partition coefficient (Wildman–Crippen LogP) is 6.39. The number of imidazole rings is 1. The summed E-state index contributed by atoms with van der Waals surface area (Å²) in [4.78, 5) is 4.79. The molecule has 0 N–H and O–H groups in total. The Kier molecular flexibility index (Phi) is 4.74. The highest BCUT2D eigenvalue weighted by Gasteiger charge is 2.39. The van der Waals surface area contributed by atoms with E-state index in [9.17, 15) is 0 Å². The third-order valence-electron chi connectivity index (χ3n) is 5.61. The lowest BCUT2D eigenvalue weighted by Crippen LogP contribution is -2.37. The zero-order valence-electron chi connectivity index (χ0n) is 16.6. The standard InChI is InChI=1S/C28H22N2/c1-5-13-23(14-6-1)27-29-21-22-30(27)28(24-15-7-2-8-16-24,25-17-9-3-10-18-25)26-19-11-4-12-20-26/h1-22H. The summed E-state index contributed by atoms with van der Waals surface area (Å²) in [6, 6.07) is 42.4. The van der Waals surface area contributed by atoms with Crippen molar-refractivity contribution in [2.24, 2.45) is 0 Å². The van der Waals surface area contributed by atoms with E-state index in [0.717, 1.165) is 11.4 Å². The SMILES string of the molecule is c1ccc(-c2nccn2C(c2ccccc2)(c2ccccc2)c2ccccc2)cc1. The Hall–Kier alpha value is -3.91. The molecule has 0 atom stereocenters. The summed E-state index contributed by atoms with van der Waals surface area (Å²) in [7, 11) is 0. The molecular formula is C28H22N2. The van der Waals surface area contributed by atoms with Crippen molar-refractivity contribution < 1.29 is 0 Å². The quantitative estimate of drug-likeness (QED) is 0.320. The van der Waals surface area contributed by atoms with E-state index in [1.54, 1.807) is 0 Å². The van der Waals surface area contributed by atoms with E-state index in [1.165, 1.54) is 16.7 Å². The summed E-state index contributed by atoms with van der Waals surface area (Å²) in [6.07, 6.45) is 3.99. The van der Waals surface area contributed by atoms with Crippen molar-refractivity contribution in [1.82, 2.24) is 9.55 Å². The lowest BCUT2D eigenvalue weighted by molar-refractivity contribution is 0.520. The molecule has 5 rings (SSSR count). The van der Waals surface area contributed by atoms with Crippen LogP contribution in [0.25, 0.3) is 11.4 Å². The van der Waals surface area contributed by atoms with Gasteiger partial charge < -0.3 is 4.57 Å². The van der Waals surface area contributed by atoms with E-state index in [0.29, 0.717) is 0 Å². The molecule has 0 saturated heterocycles. The molecule has 0 fully saturated rings. The first-order valence-corrected chi connectivity index (χ1v) is 10.2. The summed E-state index contributed by atoms with van der Waals surface area (Å²) in [5, 5.41) is 0. The maximum absolute atomic E-state index is 4.79. The van der Waals surface area contributed by atoms with Crippen LogP contribution < -0.4 is 0 Å². The second-order valence-corrected chi connectivity index (χ2v) is 7.30. The molecule has 0 saturated carbocycles. The molecular weight excluding hydrogens is 364 g/mol. The molecule has 2 heteroatoms. The van der Waals surface area contributed by atoms with Crippen LogP contribution >= 0.6 is 0 Å². The highest BCUT2D eigenvalue weighted by atomic mass is 15.1. The Bertz CT molecular complexity index is 1110. The van der Waals surface area contributed by atoms with Crippen LogP contribution in [0.4, 0.5) is 0 Å². The van der Waals surface area contributed by atoms with E-state index in [2.05, 4.69) is 126 Å². The average Bonchev–Trinajstić information content (AvgIpc) is 3.33. The van der Waals surface area contributed by atoms with Gasteiger partial charge in [0, 0.05) is 18.0 Å². The van der Waals surface area contributed by atoms with Crippen LogP contribution in [0.5, 0.6) is 0 Å². The molecule has 0 unspecified atom stereocenters. The molecule has 0 aliphatic rings. The summed E-state index contributed by atoms with van der Waals surface area (Å²) in [5.74, 6) is 0.937. The summed E-state index contributed by atoms with van der Waals surface area (Å²) in [5.41, 5.74) is 4.12. The Balaban J connectivity index is 1.91. The Morgan fingerprint density at radius 2 is 0.900 bits per heavy atom. The lowest BCUT2D eigenvalue weighted by Gasteiger charge is -2.38. The highest BCUT2D eigenvalue weighted by molar-refractivity contribution is 5.60. The molecule has 144 valence electrons. The van der Waals surface area contributed by atoms with Gasteiger partial charge in [0.05, 0.1) is 0 Å². The Morgan fingerprint density at radius 1 is 0.500 bits per heavy atom. The van der Waals surface area contributed by atoms with Gasteiger partial charge in [-0.1, -0.05) is 121 Å². The minimum absolute atomic E-state index is 0.550. The van der Waals surface area contributed by atoms with Crippen molar-refractivity contribution in [3.05, 3.63) is 150 Å². The molecule has 0 aliphatic heterocycles. The number of nitrogens with zero attached hydrogens (tertiary/aromatic N) is 2. The van der Waals surface area contributed by atoms with Gasteiger partial charge in [-0.05, 0) is 16.7 Å². The molecule has 0 radical (unpaired) electrons. The van der Waals surface area contributed by atoms with Crippen LogP contribution in [0.15, 0.2) is 134 Å². The first-order valence-electron chi connectivity index (χ1n) is 10.2. The molecule has 0 aliphatic carbocycles. The number of aromatic nitrogens is 2. The van der Waals surface area contributed by atoms with Crippen LogP contribution in [0.1, 0.15) is 16.7 Å². The molecule has 4 aromatic carbocycles. The molecule has 0 spiro atoms. The minimum Gasteiger partial charge on any atom is -0.312 e.